The minimum Gasteiger partial charge on any atom is -0.395 e. The fraction of sp³-hybridized carbons (Fsp3) is 0.438. The van der Waals surface area contributed by atoms with E-state index in [1.165, 1.54) is 0 Å². The van der Waals surface area contributed by atoms with E-state index in [2.05, 4.69) is 16.8 Å². The normalized spacial score (nSPS) is 10.9. The molecule has 0 saturated carbocycles. The lowest BCUT2D eigenvalue weighted by Gasteiger charge is -2.24. The summed E-state index contributed by atoms with van der Waals surface area (Å²) in [5.74, 6) is 0.889. The number of pyridine rings is 1. The van der Waals surface area contributed by atoms with Gasteiger partial charge in [0.25, 0.3) is 0 Å². The van der Waals surface area contributed by atoms with Crippen LogP contribution in [0.15, 0.2) is 30.5 Å². The highest BCUT2D eigenvalue weighted by Gasteiger charge is 2.12. The van der Waals surface area contributed by atoms with Crippen molar-refractivity contribution in [3.63, 3.8) is 0 Å². The predicted octanol–water partition coefficient (Wildman–Crippen LogP) is 2.33. The van der Waals surface area contributed by atoms with E-state index in [9.17, 15) is 10.2 Å². The first-order valence-electron chi connectivity index (χ1n) is 7.15. The van der Waals surface area contributed by atoms with Gasteiger partial charge in [0, 0.05) is 30.2 Å². The molecule has 2 N–H and O–H groups in total. The van der Waals surface area contributed by atoms with Gasteiger partial charge in [0.05, 0.1) is 13.2 Å². The molecule has 0 atom stereocenters. The summed E-state index contributed by atoms with van der Waals surface area (Å²) >= 11 is 0. The SMILES string of the molecule is CCCCN(CCO)c1ncc(CO)c2ccccc12. The van der Waals surface area contributed by atoms with E-state index in [4.69, 9.17) is 0 Å². The van der Waals surface area contributed by atoms with Crippen LogP contribution in [0.2, 0.25) is 0 Å². The Hall–Kier alpha value is -1.65. The standard InChI is InChI=1S/C16H22N2O2/c1-2-3-8-18(9-10-19)16-15-7-5-4-6-14(15)13(12-20)11-17-16/h4-7,11,19-20H,2-3,8-10,12H2,1H3. The summed E-state index contributed by atoms with van der Waals surface area (Å²) in [6, 6.07) is 7.97. The molecule has 108 valence electrons. The van der Waals surface area contributed by atoms with Gasteiger partial charge >= 0.3 is 0 Å². The van der Waals surface area contributed by atoms with Crippen LogP contribution < -0.4 is 4.90 Å². The molecule has 0 saturated heterocycles. The molecule has 1 aromatic heterocycles. The first-order chi connectivity index (χ1) is 9.81. The molecule has 0 bridgehead atoms. The van der Waals surface area contributed by atoms with Crippen LogP contribution in [0.3, 0.4) is 0 Å². The van der Waals surface area contributed by atoms with Crippen molar-refractivity contribution in [3.8, 4) is 0 Å². The number of anilines is 1. The number of aliphatic hydroxyl groups is 2. The van der Waals surface area contributed by atoms with Gasteiger partial charge in [-0.3, -0.25) is 0 Å². The molecule has 0 fully saturated rings. The van der Waals surface area contributed by atoms with E-state index in [1.54, 1.807) is 6.20 Å². The summed E-state index contributed by atoms with van der Waals surface area (Å²) in [4.78, 5) is 6.62. The maximum Gasteiger partial charge on any atom is 0.136 e. The van der Waals surface area contributed by atoms with Crippen molar-refractivity contribution < 1.29 is 10.2 Å². The molecular weight excluding hydrogens is 252 g/mol. The summed E-state index contributed by atoms with van der Waals surface area (Å²) in [6.45, 7) is 3.71. The number of aromatic nitrogens is 1. The maximum atomic E-state index is 9.42. The zero-order chi connectivity index (χ0) is 14.4. The molecule has 1 heterocycles. The lowest BCUT2D eigenvalue weighted by Crippen LogP contribution is -2.28. The molecule has 2 aromatic rings. The Morgan fingerprint density at radius 3 is 2.50 bits per heavy atom. The number of benzene rings is 1. The van der Waals surface area contributed by atoms with Crippen molar-refractivity contribution in [2.75, 3.05) is 24.6 Å². The van der Waals surface area contributed by atoms with Gasteiger partial charge in [-0.05, 0) is 11.8 Å². The Labute approximate surface area is 119 Å². The smallest absolute Gasteiger partial charge is 0.136 e. The molecule has 0 spiro atoms. The average Bonchev–Trinajstić information content (AvgIpc) is 2.50. The third kappa shape index (κ3) is 3.08. The van der Waals surface area contributed by atoms with Gasteiger partial charge in [-0.1, -0.05) is 37.6 Å². The summed E-state index contributed by atoms with van der Waals surface area (Å²) in [6.07, 6.45) is 3.90. The van der Waals surface area contributed by atoms with Crippen LogP contribution >= 0.6 is 0 Å². The van der Waals surface area contributed by atoms with E-state index in [0.29, 0.717) is 6.54 Å². The second kappa shape index (κ2) is 7.22. The summed E-state index contributed by atoms with van der Waals surface area (Å²) in [7, 11) is 0. The second-order valence-corrected chi connectivity index (χ2v) is 4.87. The topological polar surface area (TPSA) is 56.6 Å². The molecule has 0 amide bonds. The highest BCUT2D eigenvalue weighted by Crippen LogP contribution is 2.27. The summed E-state index contributed by atoms with van der Waals surface area (Å²) < 4.78 is 0. The fourth-order valence-corrected chi connectivity index (χ4v) is 2.41. The van der Waals surface area contributed by atoms with Crippen molar-refractivity contribution in [2.24, 2.45) is 0 Å². The number of hydrogen-bond acceptors (Lipinski definition) is 4. The van der Waals surface area contributed by atoms with Gasteiger partial charge in [0.1, 0.15) is 5.82 Å². The van der Waals surface area contributed by atoms with E-state index < -0.39 is 0 Å². The largest absolute Gasteiger partial charge is 0.395 e. The number of rotatable bonds is 7. The van der Waals surface area contributed by atoms with Crippen LogP contribution in [0.4, 0.5) is 5.82 Å². The molecule has 4 heteroatoms. The summed E-state index contributed by atoms with van der Waals surface area (Å²) in [5.41, 5.74) is 0.837. The summed E-state index contributed by atoms with van der Waals surface area (Å²) in [5, 5.41) is 20.7. The van der Waals surface area contributed by atoms with Crippen molar-refractivity contribution in [2.45, 2.75) is 26.4 Å². The van der Waals surface area contributed by atoms with E-state index in [1.807, 2.05) is 24.3 Å². The molecular formula is C16H22N2O2. The highest BCUT2D eigenvalue weighted by atomic mass is 16.3. The van der Waals surface area contributed by atoms with Crippen LogP contribution in [-0.4, -0.2) is 34.9 Å². The first-order valence-corrected chi connectivity index (χ1v) is 7.15. The Morgan fingerprint density at radius 1 is 1.10 bits per heavy atom. The molecule has 0 aliphatic heterocycles. The van der Waals surface area contributed by atoms with Gasteiger partial charge in [0.15, 0.2) is 0 Å². The number of hydrogen-bond donors (Lipinski definition) is 2. The Morgan fingerprint density at radius 2 is 1.85 bits per heavy atom. The average molecular weight is 274 g/mol. The van der Waals surface area contributed by atoms with Crippen molar-refractivity contribution in [1.29, 1.82) is 0 Å². The molecule has 0 unspecified atom stereocenters. The van der Waals surface area contributed by atoms with Gasteiger partial charge < -0.3 is 15.1 Å². The van der Waals surface area contributed by atoms with Gasteiger partial charge in [0.2, 0.25) is 0 Å². The van der Waals surface area contributed by atoms with Gasteiger partial charge in [-0.15, -0.1) is 0 Å². The lowest BCUT2D eigenvalue weighted by atomic mass is 10.1. The molecule has 1 aromatic carbocycles. The molecule has 20 heavy (non-hydrogen) atoms. The van der Waals surface area contributed by atoms with E-state index in [-0.39, 0.29) is 13.2 Å². The lowest BCUT2D eigenvalue weighted by molar-refractivity contribution is 0.283. The van der Waals surface area contributed by atoms with Crippen molar-refractivity contribution in [3.05, 3.63) is 36.0 Å². The van der Waals surface area contributed by atoms with E-state index in [0.717, 1.165) is 41.5 Å². The Bertz CT molecular complexity index is 557. The molecule has 4 nitrogen and oxygen atoms in total. The van der Waals surface area contributed by atoms with Gasteiger partial charge in [-0.25, -0.2) is 4.98 Å². The van der Waals surface area contributed by atoms with Crippen molar-refractivity contribution in [1.82, 2.24) is 4.98 Å². The zero-order valence-electron chi connectivity index (χ0n) is 11.9. The van der Waals surface area contributed by atoms with Gasteiger partial charge in [-0.2, -0.15) is 0 Å². The molecule has 0 radical (unpaired) electrons. The minimum absolute atomic E-state index is 0.0112. The van der Waals surface area contributed by atoms with Crippen LogP contribution in [0.1, 0.15) is 25.3 Å². The predicted molar refractivity (Wildman–Crippen MR) is 81.9 cm³/mol. The maximum absolute atomic E-state index is 9.42. The molecule has 0 aliphatic carbocycles. The third-order valence-electron chi connectivity index (χ3n) is 3.48. The van der Waals surface area contributed by atoms with E-state index >= 15 is 0 Å². The Balaban J connectivity index is 2.46. The van der Waals surface area contributed by atoms with Crippen LogP contribution in [0.25, 0.3) is 10.8 Å². The monoisotopic (exact) mass is 274 g/mol. The first kappa shape index (κ1) is 14.8. The van der Waals surface area contributed by atoms with Crippen molar-refractivity contribution >= 4 is 16.6 Å². The molecule has 0 aliphatic rings. The number of nitrogens with zero attached hydrogens (tertiary/aromatic N) is 2. The fourth-order valence-electron chi connectivity index (χ4n) is 2.41. The second-order valence-electron chi connectivity index (χ2n) is 4.87. The quantitative estimate of drug-likeness (QED) is 0.813. The molecule has 2 rings (SSSR count). The zero-order valence-corrected chi connectivity index (χ0v) is 11.9. The third-order valence-corrected chi connectivity index (χ3v) is 3.48. The number of unbranched alkanes of at least 4 members (excludes halogenated alkanes) is 1. The minimum atomic E-state index is -0.0112. The van der Waals surface area contributed by atoms with Crippen LogP contribution in [0, 0.1) is 0 Å². The number of fused-ring (bicyclic) bond motifs is 1. The highest BCUT2D eigenvalue weighted by molar-refractivity contribution is 5.94. The van der Waals surface area contributed by atoms with Crippen LogP contribution in [-0.2, 0) is 6.61 Å². The Kier molecular flexibility index (Phi) is 5.32. The number of aliphatic hydroxyl groups excluding tert-OH is 2. The van der Waals surface area contributed by atoms with Crippen LogP contribution in [0.5, 0.6) is 0 Å².